The average Bonchev–Trinajstić information content (AvgIpc) is 2.60. The maximum atomic E-state index is 5.26. The van der Waals surface area contributed by atoms with Crippen LogP contribution in [0.3, 0.4) is 0 Å². The van der Waals surface area contributed by atoms with Gasteiger partial charge >= 0.3 is 0 Å². The van der Waals surface area contributed by atoms with Crippen LogP contribution in [0.25, 0.3) is 0 Å². The van der Waals surface area contributed by atoms with Gasteiger partial charge in [-0.15, -0.1) is 22.7 Å². The zero-order valence-electron chi connectivity index (χ0n) is 5.43. The van der Waals surface area contributed by atoms with Crippen LogP contribution in [0.4, 0.5) is 0 Å². The number of rotatable bonds is 2. The molecule has 0 aliphatic rings. The molecule has 0 saturated carbocycles. The van der Waals surface area contributed by atoms with E-state index in [-0.39, 0.29) is 0 Å². The lowest BCUT2D eigenvalue weighted by atomic mass is 10.8. The first-order chi connectivity index (χ1) is 5.45. The number of hydrogen-bond acceptors (Lipinski definition) is 5. The van der Waals surface area contributed by atoms with E-state index in [1.807, 2.05) is 10.8 Å². The predicted molar refractivity (Wildman–Crippen MR) is 44.3 cm³/mol. The fraction of sp³-hybridized carbons (Fsp3) is 0. The fourth-order valence-electron chi connectivity index (χ4n) is 0.611. The van der Waals surface area contributed by atoms with Crippen molar-refractivity contribution in [1.82, 2.24) is 9.97 Å². The summed E-state index contributed by atoms with van der Waals surface area (Å²) in [6.45, 7) is 0. The van der Waals surface area contributed by atoms with Crippen LogP contribution in [0.2, 0.25) is 0 Å². The molecule has 0 aliphatic carbocycles. The first-order valence-corrected chi connectivity index (χ1v) is 4.78. The molecule has 0 spiro atoms. The smallest absolute Gasteiger partial charge is 0.232 e. The van der Waals surface area contributed by atoms with E-state index in [0.717, 1.165) is 0 Å². The van der Waals surface area contributed by atoms with Crippen molar-refractivity contribution in [2.24, 2.45) is 0 Å². The minimum absolute atomic E-state index is 0.612. The van der Waals surface area contributed by atoms with Crippen LogP contribution in [0.5, 0.6) is 11.8 Å². The summed E-state index contributed by atoms with van der Waals surface area (Å²) in [5.74, 6) is 1.22. The van der Waals surface area contributed by atoms with E-state index < -0.39 is 0 Å². The number of nitrogens with zero attached hydrogens (tertiary/aromatic N) is 2. The summed E-state index contributed by atoms with van der Waals surface area (Å²) >= 11 is 3.00. The summed E-state index contributed by atoms with van der Waals surface area (Å²) in [5, 5.41) is 3.67. The quantitative estimate of drug-likeness (QED) is 0.718. The molecule has 5 heteroatoms. The van der Waals surface area contributed by atoms with Crippen molar-refractivity contribution in [2.75, 3.05) is 0 Å². The van der Waals surface area contributed by atoms with Crippen molar-refractivity contribution in [1.29, 1.82) is 0 Å². The molecule has 0 bridgehead atoms. The normalized spacial score (nSPS) is 9.82. The van der Waals surface area contributed by atoms with Crippen molar-refractivity contribution in [3.05, 3.63) is 21.8 Å². The van der Waals surface area contributed by atoms with Crippen LogP contribution in [-0.2, 0) is 0 Å². The summed E-state index contributed by atoms with van der Waals surface area (Å²) in [5.41, 5.74) is 3.45. The number of ether oxygens (including phenoxy) is 1. The lowest BCUT2D eigenvalue weighted by molar-refractivity contribution is 0.451. The van der Waals surface area contributed by atoms with E-state index in [2.05, 4.69) is 9.97 Å². The molecule has 0 radical (unpaired) electrons. The third-order valence-electron chi connectivity index (χ3n) is 1.03. The van der Waals surface area contributed by atoms with E-state index in [4.69, 9.17) is 4.74 Å². The Kier molecular flexibility index (Phi) is 1.83. The van der Waals surface area contributed by atoms with Crippen LogP contribution >= 0.6 is 22.7 Å². The molecule has 2 rings (SSSR count). The third kappa shape index (κ3) is 1.55. The van der Waals surface area contributed by atoms with Gasteiger partial charge in [-0.2, -0.15) is 0 Å². The van der Waals surface area contributed by atoms with Gasteiger partial charge in [0.2, 0.25) is 11.8 Å². The second kappa shape index (κ2) is 2.98. The van der Waals surface area contributed by atoms with Crippen LogP contribution in [-0.4, -0.2) is 9.97 Å². The topological polar surface area (TPSA) is 35.0 Å². The monoisotopic (exact) mass is 184 g/mol. The predicted octanol–water partition coefficient (Wildman–Crippen LogP) is 2.39. The highest BCUT2D eigenvalue weighted by molar-refractivity contribution is 7.08. The van der Waals surface area contributed by atoms with Gasteiger partial charge in [-0.05, 0) is 0 Å². The molecule has 0 saturated heterocycles. The van der Waals surface area contributed by atoms with E-state index >= 15 is 0 Å². The molecular formula is C6H4N2OS2. The van der Waals surface area contributed by atoms with Crippen LogP contribution < -0.4 is 4.74 Å². The molecule has 2 aromatic rings. The summed E-state index contributed by atoms with van der Waals surface area (Å²) in [6.07, 6.45) is 0. The van der Waals surface area contributed by atoms with E-state index in [1.54, 1.807) is 11.0 Å². The summed E-state index contributed by atoms with van der Waals surface area (Å²) < 4.78 is 5.26. The van der Waals surface area contributed by atoms with Crippen molar-refractivity contribution < 1.29 is 4.74 Å². The first kappa shape index (κ1) is 6.75. The minimum Gasteiger partial charge on any atom is -0.419 e. The highest BCUT2D eigenvalue weighted by Gasteiger charge is 1.98. The van der Waals surface area contributed by atoms with Crippen LogP contribution in [0, 0.1) is 0 Å². The van der Waals surface area contributed by atoms with Crippen molar-refractivity contribution in [2.45, 2.75) is 0 Å². The highest BCUT2D eigenvalue weighted by Crippen LogP contribution is 2.19. The van der Waals surface area contributed by atoms with Gasteiger partial charge in [0, 0.05) is 0 Å². The Morgan fingerprint density at radius 2 is 1.55 bits per heavy atom. The Labute approximate surface area is 71.3 Å². The first-order valence-electron chi connectivity index (χ1n) is 2.89. The number of thiazole rings is 2. The van der Waals surface area contributed by atoms with E-state index in [1.165, 1.54) is 22.7 Å². The molecule has 0 amide bonds. The second-order valence-corrected chi connectivity index (χ2v) is 3.19. The van der Waals surface area contributed by atoms with Crippen molar-refractivity contribution >= 4 is 22.7 Å². The molecular weight excluding hydrogens is 180 g/mol. The van der Waals surface area contributed by atoms with Crippen molar-refractivity contribution in [3.8, 4) is 11.8 Å². The summed E-state index contributed by atoms with van der Waals surface area (Å²) in [4.78, 5) is 7.90. The van der Waals surface area contributed by atoms with Gasteiger partial charge in [0.15, 0.2) is 0 Å². The molecule has 11 heavy (non-hydrogen) atoms. The fourth-order valence-corrected chi connectivity index (χ4v) is 1.51. The second-order valence-electron chi connectivity index (χ2n) is 1.76. The lowest BCUT2D eigenvalue weighted by Gasteiger charge is -1.93. The standard InChI is InChI=1S/C6H4N2OS2/c1-5(7-3-10-1)9-6-2-11-4-8-6/h1-4H. The zero-order valence-corrected chi connectivity index (χ0v) is 7.06. The van der Waals surface area contributed by atoms with Gasteiger partial charge in [-0.25, -0.2) is 9.97 Å². The number of aromatic nitrogens is 2. The largest absolute Gasteiger partial charge is 0.419 e. The maximum Gasteiger partial charge on any atom is 0.232 e. The number of hydrogen-bond donors (Lipinski definition) is 0. The molecule has 2 heterocycles. The molecule has 0 unspecified atom stereocenters. The minimum atomic E-state index is 0.612. The van der Waals surface area contributed by atoms with Gasteiger partial charge in [0.25, 0.3) is 0 Å². The van der Waals surface area contributed by atoms with Gasteiger partial charge in [-0.1, -0.05) is 0 Å². The summed E-state index contributed by atoms with van der Waals surface area (Å²) in [6, 6.07) is 0. The SMILES string of the molecule is c1nc(Oc2cscn2)cs1. The Morgan fingerprint density at radius 3 is 1.91 bits per heavy atom. The molecule has 0 atom stereocenters. The van der Waals surface area contributed by atoms with Gasteiger partial charge in [0.05, 0.1) is 21.8 Å². The average molecular weight is 184 g/mol. The Balaban J connectivity index is 2.14. The molecule has 0 aromatic carbocycles. The Bertz CT molecular complexity index is 271. The molecule has 56 valence electrons. The third-order valence-corrected chi connectivity index (χ3v) is 2.16. The lowest BCUT2D eigenvalue weighted by Crippen LogP contribution is -1.81. The Hall–Kier alpha value is -0.940. The summed E-state index contributed by atoms with van der Waals surface area (Å²) in [7, 11) is 0. The molecule has 0 N–H and O–H groups in total. The molecule has 0 aliphatic heterocycles. The van der Waals surface area contributed by atoms with Gasteiger partial charge in [0.1, 0.15) is 0 Å². The Morgan fingerprint density at radius 1 is 1.00 bits per heavy atom. The van der Waals surface area contributed by atoms with E-state index in [9.17, 15) is 0 Å². The van der Waals surface area contributed by atoms with Gasteiger partial charge < -0.3 is 4.74 Å². The highest BCUT2D eigenvalue weighted by atomic mass is 32.1. The van der Waals surface area contributed by atoms with Crippen LogP contribution in [0.15, 0.2) is 21.8 Å². The van der Waals surface area contributed by atoms with E-state index in [0.29, 0.717) is 11.8 Å². The molecule has 3 nitrogen and oxygen atoms in total. The van der Waals surface area contributed by atoms with Crippen LogP contribution in [0.1, 0.15) is 0 Å². The van der Waals surface area contributed by atoms with Gasteiger partial charge in [-0.3, -0.25) is 0 Å². The zero-order chi connectivity index (χ0) is 7.52. The molecule has 0 fully saturated rings. The maximum absolute atomic E-state index is 5.26. The molecule has 2 aromatic heterocycles. The van der Waals surface area contributed by atoms with Crippen molar-refractivity contribution in [3.63, 3.8) is 0 Å².